The van der Waals surface area contributed by atoms with Gasteiger partial charge in [-0.2, -0.15) is 0 Å². The summed E-state index contributed by atoms with van der Waals surface area (Å²) in [5, 5.41) is 9.69. The topological polar surface area (TPSA) is 41.9 Å². The van der Waals surface area contributed by atoms with Crippen LogP contribution in [0, 0.1) is 0 Å². The fourth-order valence-corrected chi connectivity index (χ4v) is 2.96. The van der Waals surface area contributed by atoms with E-state index in [-0.39, 0.29) is 23.5 Å². The van der Waals surface area contributed by atoms with Crippen molar-refractivity contribution in [3.8, 4) is 11.5 Å². The minimum Gasteiger partial charge on any atom is -0.504 e. The van der Waals surface area contributed by atoms with E-state index in [0.717, 1.165) is 18.7 Å². The van der Waals surface area contributed by atoms with Crippen LogP contribution in [0.5, 0.6) is 11.5 Å². The summed E-state index contributed by atoms with van der Waals surface area (Å²) < 4.78 is 11.1. The summed E-state index contributed by atoms with van der Waals surface area (Å²) in [5.74, 6) is 0.703. The van der Waals surface area contributed by atoms with E-state index in [0.29, 0.717) is 5.75 Å². The van der Waals surface area contributed by atoms with Crippen molar-refractivity contribution in [3.63, 3.8) is 0 Å². The SMILES string of the molecule is COc1cc(C(C)N2CC(C)OC(C)(C)C2)ccc1O. The number of ether oxygens (including phenoxy) is 2. The number of hydrogen-bond donors (Lipinski definition) is 1. The minimum atomic E-state index is -0.132. The van der Waals surface area contributed by atoms with Gasteiger partial charge in [0.2, 0.25) is 0 Å². The molecule has 1 saturated heterocycles. The molecule has 0 bridgehead atoms. The van der Waals surface area contributed by atoms with Gasteiger partial charge < -0.3 is 14.6 Å². The maximum absolute atomic E-state index is 9.69. The van der Waals surface area contributed by atoms with Crippen LogP contribution in [0.25, 0.3) is 0 Å². The van der Waals surface area contributed by atoms with Crippen LogP contribution in [0.4, 0.5) is 0 Å². The predicted molar refractivity (Wildman–Crippen MR) is 79.3 cm³/mol. The molecule has 0 spiro atoms. The lowest BCUT2D eigenvalue weighted by Gasteiger charge is -2.44. The zero-order chi connectivity index (χ0) is 14.9. The monoisotopic (exact) mass is 279 g/mol. The molecular formula is C16H25NO3. The number of nitrogens with zero attached hydrogens (tertiary/aromatic N) is 1. The van der Waals surface area contributed by atoms with Crippen LogP contribution in [0.2, 0.25) is 0 Å². The van der Waals surface area contributed by atoms with Crippen molar-refractivity contribution >= 4 is 0 Å². The van der Waals surface area contributed by atoms with Crippen LogP contribution >= 0.6 is 0 Å². The molecule has 4 heteroatoms. The van der Waals surface area contributed by atoms with Crippen molar-refractivity contribution in [2.75, 3.05) is 20.2 Å². The molecule has 1 N–H and O–H groups in total. The first-order valence-corrected chi connectivity index (χ1v) is 7.11. The first-order chi connectivity index (χ1) is 9.32. The molecule has 20 heavy (non-hydrogen) atoms. The van der Waals surface area contributed by atoms with Crippen LogP contribution in [0.15, 0.2) is 18.2 Å². The molecule has 1 aromatic carbocycles. The number of benzene rings is 1. The van der Waals surface area contributed by atoms with Gasteiger partial charge in [0, 0.05) is 19.1 Å². The molecule has 1 heterocycles. The summed E-state index contributed by atoms with van der Waals surface area (Å²) in [7, 11) is 1.57. The highest BCUT2D eigenvalue weighted by atomic mass is 16.5. The Morgan fingerprint density at radius 1 is 1.45 bits per heavy atom. The number of aromatic hydroxyl groups is 1. The average molecular weight is 279 g/mol. The normalized spacial score (nSPS) is 24.4. The van der Waals surface area contributed by atoms with E-state index in [1.165, 1.54) is 0 Å². The van der Waals surface area contributed by atoms with Crippen molar-refractivity contribution < 1.29 is 14.6 Å². The standard InChI is InChI=1S/C16H25NO3/c1-11-9-17(10-16(3,4)20-11)12(2)13-6-7-14(18)15(8-13)19-5/h6-8,11-12,18H,9-10H2,1-5H3. The number of rotatable bonds is 3. The third kappa shape index (κ3) is 3.25. The number of phenolic OH excluding ortho intramolecular Hbond substituents is 1. The summed E-state index contributed by atoms with van der Waals surface area (Å²) in [6.45, 7) is 10.3. The Kier molecular flexibility index (Phi) is 4.25. The second-order valence-corrected chi connectivity index (χ2v) is 6.22. The van der Waals surface area contributed by atoms with E-state index in [9.17, 15) is 5.11 Å². The Labute approximate surface area is 121 Å². The quantitative estimate of drug-likeness (QED) is 0.923. The lowest BCUT2D eigenvalue weighted by atomic mass is 10.00. The van der Waals surface area contributed by atoms with Gasteiger partial charge >= 0.3 is 0 Å². The summed E-state index contributed by atoms with van der Waals surface area (Å²) in [4.78, 5) is 2.42. The molecule has 1 aromatic rings. The van der Waals surface area contributed by atoms with E-state index >= 15 is 0 Å². The van der Waals surface area contributed by atoms with E-state index in [2.05, 4.69) is 32.6 Å². The number of morpholine rings is 1. The molecule has 112 valence electrons. The van der Waals surface area contributed by atoms with E-state index in [1.54, 1.807) is 13.2 Å². The molecule has 0 radical (unpaired) electrons. The zero-order valence-electron chi connectivity index (χ0n) is 13.0. The molecule has 2 rings (SSSR count). The molecule has 0 aromatic heterocycles. The van der Waals surface area contributed by atoms with Crippen molar-refractivity contribution in [1.29, 1.82) is 0 Å². The van der Waals surface area contributed by atoms with Crippen LogP contribution in [-0.4, -0.2) is 41.9 Å². The molecule has 4 nitrogen and oxygen atoms in total. The van der Waals surface area contributed by atoms with Gasteiger partial charge in [0.1, 0.15) is 0 Å². The van der Waals surface area contributed by atoms with Crippen LogP contribution in [0.3, 0.4) is 0 Å². The van der Waals surface area contributed by atoms with Gasteiger partial charge in [0.25, 0.3) is 0 Å². The van der Waals surface area contributed by atoms with Crippen LogP contribution < -0.4 is 4.74 Å². The fourth-order valence-electron chi connectivity index (χ4n) is 2.96. The maximum atomic E-state index is 9.69. The first-order valence-electron chi connectivity index (χ1n) is 7.11. The molecule has 2 atom stereocenters. The second-order valence-electron chi connectivity index (χ2n) is 6.22. The number of methoxy groups -OCH3 is 1. The van der Waals surface area contributed by atoms with Gasteiger partial charge in [-0.15, -0.1) is 0 Å². The molecule has 1 aliphatic rings. The predicted octanol–water partition coefficient (Wildman–Crippen LogP) is 2.96. The van der Waals surface area contributed by atoms with Gasteiger partial charge in [0.15, 0.2) is 11.5 Å². The van der Waals surface area contributed by atoms with Gasteiger partial charge in [-0.05, 0) is 45.4 Å². The lowest BCUT2D eigenvalue weighted by molar-refractivity contribution is -0.137. The third-order valence-corrected chi connectivity index (χ3v) is 3.83. The van der Waals surface area contributed by atoms with Crippen molar-refractivity contribution in [1.82, 2.24) is 4.90 Å². The Bertz CT molecular complexity index is 473. The van der Waals surface area contributed by atoms with Crippen molar-refractivity contribution in [2.45, 2.75) is 45.4 Å². The first kappa shape index (κ1) is 15.1. The Balaban J connectivity index is 2.20. The maximum Gasteiger partial charge on any atom is 0.160 e. The Hall–Kier alpha value is -1.26. The smallest absolute Gasteiger partial charge is 0.160 e. The van der Waals surface area contributed by atoms with Gasteiger partial charge in [0.05, 0.1) is 18.8 Å². The number of hydrogen-bond acceptors (Lipinski definition) is 4. The van der Waals surface area contributed by atoms with Crippen molar-refractivity contribution in [3.05, 3.63) is 23.8 Å². The van der Waals surface area contributed by atoms with Gasteiger partial charge in [-0.3, -0.25) is 4.90 Å². The molecular weight excluding hydrogens is 254 g/mol. The van der Waals surface area contributed by atoms with E-state index in [4.69, 9.17) is 9.47 Å². The summed E-state index contributed by atoms with van der Waals surface area (Å²) in [6, 6.07) is 5.82. The van der Waals surface area contributed by atoms with Crippen molar-refractivity contribution in [2.24, 2.45) is 0 Å². The summed E-state index contributed by atoms with van der Waals surface area (Å²) in [6.07, 6.45) is 0.222. The largest absolute Gasteiger partial charge is 0.504 e. The minimum absolute atomic E-state index is 0.132. The fraction of sp³-hybridized carbons (Fsp3) is 0.625. The molecule has 0 saturated carbocycles. The molecule has 1 aliphatic heterocycles. The highest BCUT2D eigenvalue weighted by Gasteiger charge is 2.33. The Morgan fingerprint density at radius 2 is 2.15 bits per heavy atom. The Morgan fingerprint density at radius 3 is 2.75 bits per heavy atom. The van der Waals surface area contributed by atoms with Crippen LogP contribution in [0.1, 0.15) is 39.3 Å². The average Bonchev–Trinajstić information content (AvgIpc) is 2.36. The molecule has 0 amide bonds. The zero-order valence-corrected chi connectivity index (χ0v) is 13.0. The highest BCUT2D eigenvalue weighted by Crippen LogP contribution is 2.33. The van der Waals surface area contributed by atoms with Gasteiger partial charge in [-0.1, -0.05) is 6.07 Å². The second kappa shape index (κ2) is 5.62. The lowest BCUT2D eigenvalue weighted by Crippen LogP contribution is -2.52. The van der Waals surface area contributed by atoms with E-state index < -0.39 is 0 Å². The summed E-state index contributed by atoms with van der Waals surface area (Å²) >= 11 is 0. The molecule has 2 unspecified atom stereocenters. The number of phenols is 1. The highest BCUT2D eigenvalue weighted by molar-refractivity contribution is 5.42. The molecule has 1 fully saturated rings. The van der Waals surface area contributed by atoms with E-state index in [1.807, 2.05) is 12.1 Å². The van der Waals surface area contributed by atoms with Gasteiger partial charge in [-0.25, -0.2) is 0 Å². The van der Waals surface area contributed by atoms with Crippen LogP contribution in [-0.2, 0) is 4.74 Å². The molecule has 0 aliphatic carbocycles. The summed E-state index contributed by atoms with van der Waals surface area (Å²) in [5.41, 5.74) is 1.01. The third-order valence-electron chi connectivity index (χ3n) is 3.83.